The topological polar surface area (TPSA) is 59.0 Å². The molecule has 1 fully saturated rings. The summed E-state index contributed by atoms with van der Waals surface area (Å²) in [7, 11) is 5.62. The average Bonchev–Trinajstić information content (AvgIpc) is 2.65. The van der Waals surface area contributed by atoms with Crippen molar-refractivity contribution in [1.82, 2.24) is 15.2 Å². The van der Waals surface area contributed by atoms with Gasteiger partial charge in [-0.05, 0) is 30.7 Å². The number of pyridine rings is 1. The van der Waals surface area contributed by atoms with Gasteiger partial charge in [0.2, 0.25) is 5.88 Å². The molecule has 0 aromatic carbocycles. The number of ether oxygens (including phenoxy) is 2. The predicted octanol–water partition coefficient (Wildman–Crippen LogP) is 2.94. The fourth-order valence-corrected chi connectivity index (χ4v) is 3.45. The lowest BCUT2D eigenvalue weighted by Gasteiger charge is -2.31. The molecule has 1 aromatic rings. The van der Waals surface area contributed by atoms with E-state index in [1.165, 1.54) is 25.7 Å². The number of guanidine groups is 1. The van der Waals surface area contributed by atoms with Crippen molar-refractivity contribution >= 4 is 5.96 Å². The lowest BCUT2D eigenvalue weighted by molar-refractivity contribution is 0.143. The zero-order valence-corrected chi connectivity index (χ0v) is 16.7. The van der Waals surface area contributed by atoms with Crippen LogP contribution in [-0.2, 0) is 11.3 Å². The van der Waals surface area contributed by atoms with Crippen molar-refractivity contribution in [3.63, 3.8) is 0 Å². The van der Waals surface area contributed by atoms with Gasteiger partial charge in [-0.15, -0.1) is 0 Å². The highest BCUT2D eigenvalue weighted by molar-refractivity contribution is 5.79. The summed E-state index contributed by atoms with van der Waals surface area (Å²) in [6.45, 7) is 5.09. The molecule has 1 saturated carbocycles. The van der Waals surface area contributed by atoms with E-state index in [1.807, 2.05) is 19.2 Å². The lowest BCUT2D eigenvalue weighted by atomic mass is 9.83. The molecule has 0 unspecified atom stereocenters. The van der Waals surface area contributed by atoms with Crippen LogP contribution in [0.4, 0.5) is 0 Å². The van der Waals surface area contributed by atoms with Gasteiger partial charge in [-0.1, -0.05) is 25.8 Å². The van der Waals surface area contributed by atoms with Crippen molar-refractivity contribution in [2.75, 3.05) is 41.0 Å². The molecule has 26 heavy (non-hydrogen) atoms. The van der Waals surface area contributed by atoms with Gasteiger partial charge in [0, 0.05) is 46.1 Å². The highest BCUT2D eigenvalue weighted by atomic mass is 16.5. The second-order valence-corrected chi connectivity index (χ2v) is 7.22. The van der Waals surface area contributed by atoms with Crippen LogP contribution in [0.1, 0.15) is 38.2 Å². The summed E-state index contributed by atoms with van der Waals surface area (Å²) in [6, 6.07) is 3.95. The van der Waals surface area contributed by atoms with E-state index in [0.717, 1.165) is 29.9 Å². The number of nitrogens with zero attached hydrogens (tertiary/aromatic N) is 3. The van der Waals surface area contributed by atoms with E-state index in [-0.39, 0.29) is 0 Å². The zero-order valence-electron chi connectivity index (χ0n) is 16.7. The van der Waals surface area contributed by atoms with E-state index >= 15 is 0 Å². The Kier molecular flexibility index (Phi) is 8.68. The van der Waals surface area contributed by atoms with Crippen LogP contribution in [0.2, 0.25) is 0 Å². The molecule has 0 aliphatic heterocycles. The molecule has 1 aromatic heterocycles. The Morgan fingerprint density at radius 2 is 2.08 bits per heavy atom. The molecule has 6 heteroatoms. The molecule has 0 radical (unpaired) electrons. The minimum Gasteiger partial charge on any atom is -0.475 e. The molecule has 1 aliphatic rings. The number of hydrogen-bond donors (Lipinski definition) is 1. The molecule has 0 bridgehead atoms. The molecular formula is C20H34N4O2. The lowest BCUT2D eigenvalue weighted by Crippen LogP contribution is -2.41. The first-order chi connectivity index (χ1) is 12.6. The van der Waals surface area contributed by atoms with Crippen LogP contribution in [0.25, 0.3) is 0 Å². The van der Waals surface area contributed by atoms with Crippen molar-refractivity contribution in [2.24, 2.45) is 16.8 Å². The number of methoxy groups -OCH3 is 1. The van der Waals surface area contributed by atoms with Crippen LogP contribution in [0.15, 0.2) is 23.3 Å². The molecule has 0 saturated heterocycles. The maximum absolute atomic E-state index is 5.71. The Hall–Kier alpha value is -1.82. The monoisotopic (exact) mass is 362 g/mol. The Bertz CT molecular complexity index is 556. The molecule has 0 atom stereocenters. The van der Waals surface area contributed by atoms with Crippen molar-refractivity contribution in [3.05, 3.63) is 23.9 Å². The van der Waals surface area contributed by atoms with Crippen LogP contribution in [0, 0.1) is 11.8 Å². The van der Waals surface area contributed by atoms with Crippen LogP contribution < -0.4 is 10.1 Å². The van der Waals surface area contributed by atoms with Crippen LogP contribution in [-0.4, -0.2) is 56.8 Å². The molecule has 0 spiro atoms. The summed E-state index contributed by atoms with van der Waals surface area (Å²) in [5, 5.41) is 3.44. The summed E-state index contributed by atoms with van der Waals surface area (Å²) < 4.78 is 10.7. The Morgan fingerprint density at radius 1 is 1.31 bits per heavy atom. The van der Waals surface area contributed by atoms with Crippen LogP contribution in [0.3, 0.4) is 0 Å². The summed E-state index contributed by atoms with van der Waals surface area (Å²) in [4.78, 5) is 11.0. The smallest absolute Gasteiger partial charge is 0.218 e. The normalized spacial score (nSPS) is 20.7. The standard InChI is InChI=1S/C20H34N4O2/c1-16-7-9-17(10-8-16)15-24(3)20(21-2)23-14-18-6-5-11-22-19(18)26-13-12-25-4/h5-6,11,16-17H,7-10,12-15H2,1-4H3,(H,21,23). The van der Waals surface area contributed by atoms with Gasteiger partial charge in [0.05, 0.1) is 6.61 Å². The Balaban J connectivity index is 1.86. The molecule has 6 nitrogen and oxygen atoms in total. The molecule has 1 N–H and O–H groups in total. The van der Waals surface area contributed by atoms with Gasteiger partial charge in [-0.2, -0.15) is 0 Å². The quantitative estimate of drug-likeness (QED) is 0.438. The van der Waals surface area contributed by atoms with E-state index in [2.05, 4.69) is 34.2 Å². The third kappa shape index (κ3) is 6.48. The third-order valence-electron chi connectivity index (χ3n) is 5.05. The second kappa shape index (κ2) is 11.0. The fourth-order valence-electron chi connectivity index (χ4n) is 3.45. The maximum atomic E-state index is 5.71. The number of aromatic nitrogens is 1. The molecule has 1 aliphatic carbocycles. The van der Waals surface area contributed by atoms with Crippen LogP contribution in [0.5, 0.6) is 5.88 Å². The summed E-state index contributed by atoms with van der Waals surface area (Å²) in [5.41, 5.74) is 1.02. The van der Waals surface area contributed by atoms with Crippen molar-refractivity contribution in [3.8, 4) is 5.88 Å². The number of rotatable bonds is 8. The summed E-state index contributed by atoms with van der Waals surface area (Å²) in [5.74, 6) is 3.21. The van der Waals surface area contributed by atoms with E-state index in [4.69, 9.17) is 9.47 Å². The highest BCUT2D eigenvalue weighted by Gasteiger charge is 2.20. The van der Waals surface area contributed by atoms with Crippen molar-refractivity contribution < 1.29 is 9.47 Å². The molecular weight excluding hydrogens is 328 g/mol. The van der Waals surface area contributed by atoms with Crippen molar-refractivity contribution in [2.45, 2.75) is 39.2 Å². The first-order valence-electron chi connectivity index (χ1n) is 9.61. The fraction of sp³-hybridized carbons (Fsp3) is 0.700. The van der Waals surface area contributed by atoms with Gasteiger partial charge in [-0.25, -0.2) is 4.98 Å². The minimum atomic E-state index is 0.495. The predicted molar refractivity (Wildman–Crippen MR) is 106 cm³/mol. The van der Waals surface area contributed by atoms with E-state index in [1.54, 1.807) is 13.3 Å². The van der Waals surface area contributed by atoms with Crippen LogP contribution >= 0.6 is 0 Å². The molecule has 146 valence electrons. The van der Waals surface area contributed by atoms with Crippen molar-refractivity contribution in [1.29, 1.82) is 0 Å². The number of aliphatic imine (C=N–C) groups is 1. The van der Waals surface area contributed by atoms with E-state index in [0.29, 0.717) is 25.6 Å². The third-order valence-corrected chi connectivity index (χ3v) is 5.05. The SMILES string of the molecule is CN=C(NCc1cccnc1OCCOC)N(C)CC1CCC(C)CC1. The second-order valence-electron chi connectivity index (χ2n) is 7.22. The molecule has 0 amide bonds. The number of nitrogens with one attached hydrogen (secondary N) is 1. The van der Waals surface area contributed by atoms with Gasteiger partial charge in [0.15, 0.2) is 5.96 Å². The first-order valence-corrected chi connectivity index (χ1v) is 9.61. The largest absolute Gasteiger partial charge is 0.475 e. The Labute approximate surface area is 158 Å². The zero-order chi connectivity index (χ0) is 18.8. The number of hydrogen-bond acceptors (Lipinski definition) is 4. The summed E-state index contributed by atoms with van der Waals surface area (Å²) in [6.07, 6.45) is 7.09. The van der Waals surface area contributed by atoms with Gasteiger partial charge in [0.25, 0.3) is 0 Å². The molecule has 2 rings (SSSR count). The maximum Gasteiger partial charge on any atom is 0.218 e. The Morgan fingerprint density at radius 3 is 2.77 bits per heavy atom. The highest BCUT2D eigenvalue weighted by Crippen LogP contribution is 2.28. The summed E-state index contributed by atoms with van der Waals surface area (Å²) >= 11 is 0. The van der Waals surface area contributed by atoms with Gasteiger partial charge in [-0.3, -0.25) is 4.99 Å². The average molecular weight is 363 g/mol. The molecule has 1 heterocycles. The minimum absolute atomic E-state index is 0.495. The van der Waals surface area contributed by atoms with E-state index in [9.17, 15) is 0 Å². The van der Waals surface area contributed by atoms with Gasteiger partial charge >= 0.3 is 0 Å². The van der Waals surface area contributed by atoms with Gasteiger partial charge in [0.1, 0.15) is 6.61 Å². The van der Waals surface area contributed by atoms with Gasteiger partial charge < -0.3 is 19.7 Å². The van der Waals surface area contributed by atoms with E-state index < -0.39 is 0 Å². The first kappa shape index (κ1) is 20.5.